The fourth-order valence-electron chi connectivity index (χ4n) is 5.32. The summed E-state index contributed by atoms with van der Waals surface area (Å²) in [4.78, 5) is 28.3. The Morgan fingerprint density at radius 3 is 1.85 bits per heavy atom. The molecule has 3 aliphatic heterocycles. The van der Waals surface area contributed by atoms with Crippen molar-refractivity contribution < 1.29 is 31.2 Å². The standard InChI is InChI=1S/C27H35N5O7S2/c33-26(21-7-6-8-22(19-21)40(35,36)32-13-4-5-14-32)28-29-27(34)24-20-23(41(37,38)31-11-2-1-3-12-31)9-10-25(24)30-15-17-39-18-16-30/h6-10,19-20H,1-5,11-18H2,(H,28,33)(H,29,34). The molecular weight excluding hydrogens is 570 g/mol. The molecule has 0 radical (unpaired) electrons. The summed E-state index contributed by atoms with van der Waals surface area (Å²) < 4.78 is 60.8. The zero-order valence-electron chi connectivity index (χ0n) is 22.7. The van der Waals surface area contributed by atoms with Gasteiger partial charge in [-0.1, -0.05) is 12.5 Å². The van der Waals surface area contributed by atoms with Gasteiger partial charge in [0.25, 0.3) is 11.8 Å². The lowest BCUT2D eigenvalue weighted by atomic mass is 10.1. The normalized spacial score (nSPS) is 19.2. The molecule has 3 aliphatic rings. The molecule has 3 saturated heterocycles. The molecule has 3 heterocycles. The zero-order valence-corrected chi connectivity index (χ0v) is 24.4. The van der Waals surface area contributed by atoms with Crippen LogP contribution >= 0.6 is 0 Å². The summed E-state index contributed by atoms with van der Waals surface area (Å²) >= 11 is 0. The van der Waals surface area contributed by atoms with Crippen molar-refractivity contribution in [2.75, 3.05) is 57.4 Å². The molecule has 2 amide bonds. The van der Waals surface area contributed by atoms with Gasteiger partial charge in [0.2, 0.25) is 20.0 Å². The molecule has 3 fully saturated rings. The Labute approximate surface area is 240 Å². The van der Waals surface area contributed by atoms with Gasteiger partial charge in [0.15, 0.2) is 0 Å². The molecule has 0 unspecified atom stereocenters. The summed E-state index contributed by atoms with van der Waals surface area (Å²) in [5.41, 5.74) is 5.40. The van der Waals surface area contributed by atoms with Crippen LogP contribution in [0.5, 0.6) is 0 Å². The second-order valence-electron chi connectivity index (χ2n) is 10.3. The third-order valence-corrected chi connectivity index (χ3v) is 11.4. The second-order valence-corrected chi connectivity index (χ2v) is 14.2. The molecule has 222 valence electrons. The molecule has 0 bridgehead atoms. The number of benzene rings is 2. The predicted molar refractivity (Wildman–Crippen MR) is 151 cm³/mol. The molecule has 14 heteroatoms. The van der Waals surface area contributed by atoms with E-state index in [1.54, 1.807) is 6.07 Å². The SMILES string of the molecule is O=C(NNC(=O)c1cc(S(=O)(=O)N2CCCCC2)ccc1N1CCOCC1)c1cccc(S(=O)(=O)N2CCCC2)c1. The van der Waals surface area contributed by atoms with Crippen LogP contribution in [0.2, 0.25) is 0 Å². The van der Waals surface area contributed by atoms with Crippen LogP contribution in [0.1, 0.15) is 52.8 Å². The number of hydrogen-bond acceptors (Lipinski definition) is 8. The van der Waals surface area contributed by atoms with Crippen molar-refractivity contribution in [2.24, 2.45) is 0 Å². The predicted octanol–water partition coefficient (Wildman–Crippen LogP) is 1.56. The highest BCUT2D eigenvalue weighted by Crippen LogP contribution is 2.28. The first-order valence-corrected chi connectivity index (χ1v) is 16.7. The van der Waals surface area contributed by atoms with Gasteiger partial charge < -0.3 is 9.64 Å². The van der Waals surface area contributed by atoms with E-state index in [2.05, 4.69) is 10.9 Å². The smallest absolute Gasteiger partial charge is 0.271 e. The van der Waals surface area contributed by atoms with Crippen molar-refractivity contribution >= 4 is 37.5 Å². The lowest BCUT2D eigenvalue weighted by Gasteiger charge is -2.31. The number of hydrazine groups is 1. The summed E-state index contributed by atoms with van der Waals surface area (Å²) in [5.74, 6) is -1.40. The number of nitrogens with one attached hydrogen (secondary N) is 2. The second kappa shape index (κ2) is 12.4. The molecule has 41 heavy (non-hydrogen) atoms. The van der Waals surface area contributed by atoms with E-state index in [-0.39, 0.29) is 20.9 Å². The van der Waals surface area contributed by atoms with E-state index in [0.29, 0.717) is 58.2 Å². The summed E-state index contributed by atoms with van der Waals surface area (Å²) in [6, 6.07) is 10.1. The number of rotatable bonds is 7. The number of sulfonamides is 2. The van der Waals surface area contributed by atoms with Crippen LogP contribution in [-0.2, 0) is 24.8 Å². The van der Waals surface area contributed by atoms with Crippen molar-refractivity contribution in [2.45, 2.75) is 41.9 Å². The Hall–Kier alpha value is -3.04. The van der Waals surface area contributed by atoms with Crippen molar-refractivity contribution in [1.29, 1.82) is 0 Å². The minimum Gasteiger partial charge on any atom is -0.378 e. The van der Waals surface area contributed by atoms with Crippen LogP contribution in [0.4, 0.5) is 5.69 Å². The molecular formula is C27H35N5O7S2. The molecule has 12 nitrogen and oxygen atoms in total. The molecule has 2 N–H and O–H groups in total. The van der Waals surface area contributed by atoms with Crippen molar-refractivity contribution in [1.82, 2.24) is 19.5 Å². The first-order valence-electron chi connectivity index (χ1n) is 13.9. The van der Waals surface area contributed by atoms with Gasteiger partial charge in [0.05, 0.1) is 28.6 Å². The number of carbonyl (C=O) groups excluding carboxylic acids is 2. The Morgan fingerprint density at radius 1 is 0.659 bits per heavy atom. The van der Waals surface area contributed by atoms with Crippen LogP contribution in [0.3, 0.4) is 0 Å². The monoisotopic (exact) mass is 605 g/mol. The molecule has 0 saturated carbocycles. The first kappa shape index (κ1) is 29.5. The van der Waals surface area contributed by atoms with E-state index in [1.165, 1.54) is 45.0 Å². The fraction of sp³-hybridized carbons (Fsp3) is 0.481. The van der Waals surface area contributed by atoms with Crippen LogP contribution in [0.25, 0.3) is 0 Å². The third kappa shape index (κ3) is 6.41. The Balaban J connectivity index is 1.36. The molecule has 2 aromatic rings. The number of ether oxygens (including phenoxy) is 1. The Kier molecular flexibility index (Phi) is 8.94. The summed E-state index contributed by atoms with van der Waals surface area (Å²) in [6.07, 6.45) is 4.12. The van der Waals surface area contributed by atoms with Gasteiger partial charge >= 0.3 is 0 Å². The van der Waals surface area contributed by atoms with Gasteiger partial charge in [-0.3, -0.25) is 20.4 Å². The number of piperidine rings is 1. The Bertz CT molecular complexity index is 1500. The largest absolute Gasteiger partial charge is 0.378 e. The molecule has 0 spiro atoms. The highest BCUT2D eigenvalue weighted by Gasteiger charge is 2.30. The van der Waals surface area contributed by atoms with Crippen LogP contribution in [0.15, 0.2) is 52.3 Å². The van der Waals surface area contributed by atoms with E-state index >= 15 is 0 Å². The molecule has 0 aliphatic carbocycles. The van der Waals surface area contributed by atoms with Crippen molar-refractivity contribution in [3.8, 4) is 0 Å². The maximum atomic E-state index is 13.4. The summed E-state index contributed by atoms with van der Waals surface area (Å²) in [7, 11) is -7.53. The van der Waals surface area contributed by atoms with Gasteiger partial charge in [-0.15, -0.1) is 0 Å². The van der Waals surface area contributed by atoms with E-state index in [1.807, 2.05) is 4.90 Å². The molecule has 0 aromatic heterocycles. The van der Waals surface area contributed by atoms with Gasteiger partial charge in [-0.25, -0.2) is 16.8 Å². The third-order valence-electron chi connectivity index (χ3n) is 7.61. The minimum atomic E-state index is -3.80. The van der Waals surface area contributed by atoms with E-state index in [4.69, 9.17) is 4.74 Å². The van der Waals surface area contributed by atoms with Crippen LogP contribution in [0, 0.1) is 0 Å². The number of anilines is 1. The Morgan fingerprint density at radius 2 is 1.22 bits per heavy atom. The highest BCUT2D eigenvalue weighted by molar-refractivity contribution is 7.89. The minimum absolute atomic E-state index is 0.00333. The van der Waals surface area contributed by atoms with E-state index in [0.717, 1.165) is 32.1 Å². The van der Waals surface area contributed by atoms with Crippen LogP contribution in [-0.4, -0.2) is 89.7 Å². The quantitative estimate of drug-likeness (QED) is 0.453. The number of morpholine rings is 1. The van der Waals surface area contributed by atoms with Crippen LogP contribution < -0.4 is 15.8 Å². The van der Waals surface area contributed by atoms with Gasteiger partial charge in [0.1, 0.15) is 0 Å². The average Bonchev–Trinajstić information content (AvgIpc) is 3.57. The molecule has 2 aromatic carbocycles. The maximum Gasteiger partial charge on any atom is 0.271 e. The highest BCUT2D eigenvalue weighted by atomic mass is 32.2. The molecule has 0 atom stereocenters. The topological polar surface area (TPSA) is 145 Å². The zero-order chi connectivity index (χ0) is 29.0. The fourth-order valence-corrected chi connectivity index (χ4v) is 8.43. The van der Waals surface area contributed by atoms with Gasteiger partial charge in [0, 0.05) is 50.5 Å². The number of nitrogens with zero attached hydrogens (tertiary/aromatic N) is 3. The molecule has 5 rings (SSSR count). The number of carbonyl (C=O) groups is 2. The van der Waals surface area contributed by atoms with Gasteiger partial charge in [-0.2, -0.15) is 8.61 Å². The first-order chi connectivity index (χ1) is 19.7. The van der Waals surface area contributed by atoms with E-state index in [9.17, 15) is 26.4 Å². The van der Waals surface area contributed by atoms with E-state index < -0.39 is 31.9 Å². The van der Waals surface area contributed by atoms with Crippen molar-refractivity contribution in [3.63, 3.8) is 0 Å². The average molecular weight is 606 g/mol. The maximum absolute atomic E-state index is 13.4. The summed E-state index contributed by atoms with van der Waals surface area (Å²) in [5, 5.41) is 0. The lowest BCUT2D eigenvalue weighted by molar-refractivity contribution is 0.0846. The summed E-state index contributed by atoms with van der Waals surface area (Å²) in [6.45, 7) is 3.69. The van der Waals surface area contributed by atoms with Crippen molar-refractivity contribution in [3.05, 3.63) is 53.6 Å². The lowest BCUT2D eigenvalue weighted by Crippen LogP contribution is -2.43. The van der Waals surface area contributed by atoms with Gasteiger partial charge in [-0.05, 0) is 62.1 Å². The number of hydrogen-bond donors (Lipinski definition) is 2. The number of amides is 2.